The lowest BCUT2D eigenvalue weighted by atomic mass is 10.0. The van der Waals surface area contributed by atoms with Gasteiger partial charge < -0.3 is 4.74 Å². The van der Waals surface area contributed by atoms with Gasteiger partial charge in [-0.25, -0.2) is 9.97 Å². The summed E-state index contributed by atoms with van der Waals surface area (Å²) in [7, 11) is 0. The van der Waals surface area contributed by atoms with Crippen LogP contribution in [0.3, 0.4) is 0 Å². The highest BCUT2D eigenvalue weighted by Crippen LogP contribution is 2.35. The molecule has 3 rings (SSSR count). The molecule has 0 radical (unpaired) electrons. The lowest BCUT2D eigenvalue weighted by molar-refractivity contribution is 0.300. The lowest BCUT2D eigenvalue weighted by Gasteiger charge is -2.19. The van der Waals surface area contributed by atoms with Crippen LogP contribution in [-0.2, 0) is 13.0 Å². The minimum Gasteiger partial charge on any atom is -0.488 e. The van der Waals surface area contributed by atoms with E-state index in [-0.39, 0.29) is 0 Å². The molecule has 2 aromatic rings. The third kappa shape index (κ3) is 1.36. The van der Waals surface area contributed by atoms with Crippen molar-refractivity contribution in [2.24, 2.45) is 0 Å². The van der Waals surface area contributed by atoms with Crippen molar-refractivity contribution >= 4 is 0 Å². The predicted molar refractivity (Wildman–Crippen MR) is 61.2 cm³/mol. The highest BCUT2D eigenvalue weighted by Gasteiger charge is 2.18. The molecule has 3 nitrogen and oxygen atoms in total. The average molecular weight is 212 g/mol. The Morgan fingerprint density at radius 3 is 3.06 bits per heavy atom. The summed E-state index contributed by atoms with van der Waals surface area (Å²) in [6.07, 6.45) is 2.73. The molecule has 80 valence electrons. The Morgan fingerprint density at radius 2 is 2.19 bits per heavy atom. The van der Waals surface area contributed by atoms with Gasteiger partial charge >= 0.3 is 0 Å². The van der Waals surface area contributed by atoms with E-state index in [9.17, 15) is 0 Å². The SMILES string of the molecule is CCc1ncc2c(n1)-c1ccccc1OC2. The monoisotopic (exact) mass is 212 g/mol. The molecular weight excluding hydrogens is 200 g/mol. The van der Waals surface area contributed by atoms with Gasteiger partial charge in [-0.05, 0) is 12.1 Å². The molecule has 0 bridgehead atoms. The van der Waals surface area contributed by atoms with Gasteiger partial charge in [-0.1, -0.05) is 19.1 Å². The van der Waals surface area contributed by atoms with Crippen molar-refractivity contribution < 1.29 is 4.74 Å². The van der Waals surface area contributed by atoms with Gasteiger partial charge in [0.15, 0.2) is 0 Å². The zero-order chi connectivity index (χ0) is 11.0. The molecule has 0 aliphatic carbocycles. The maximum Gasteiger partial charge on any atom is 0.129 e. The van der Waals surface area contributed by atoms with Gasteiger partial charge in [0.05, 0.1) is 5.69 Å². The van der Waals surface area contributed by atoms with Gasteiger partial charge in [0.1, 0.15) is 18.2 Å². The Balaban J connectivity index is 2.22. The number of hydrogen-bond acceptors (Lipinski definition) is 3. The molecule has 0 atom stereocenters. The fraction of sp³-hybridized carbons (Fsp3) is 0.231. The number of rotatable bonds is 1. The van der Waals surface area contributed by atoms with Gasteiger partial charge in [0, 0.05) is 23.7 Å². The number of para-hydroxylation sites is 1. The fourth-order valence-corrected chi connectivity index (χ4v) is 1.90. The summed E-state index contributed by atoms with van der Waals surface area (Å²) < 4.78 is 5.64. The second kappa shape index (κ2) is 3.59. The first-order chi connectivity index (χ1) is 7.88. The molecule has 1 aliphatic heterocycles. The van der Waals surface area contributed by atoms with E-state index in [1.165, 1.54) is 0 Å². The van der Waals surface area contributed by atoms with Gasteiger partial charge in [0.25, 0.3) is 0 Å². The Kier molecular flexibility index (Phi) is 2.10. The summed E-state index contributed by atoms with van der Waals surface area (Å²) >= 11 is 0. The number of aryl methyl sites for hydroxylation is 1. The van der Waals surface area contributed by atoms with E-state index in [2.05, 4.69) is 16.9 Å². The molecular formula is C13H12N2O. The van der Waals surface area contributed by atoms with E-state index in [0.29, 0.717) is 6.61 Å². The smallest absolute Gasteiger partial charge is 0.129 e. The number of benzene rings is 1. The Morgan fingerprint density at radius 1 is 1.31 bits per heavy atom. The van der Waals surface area contributed by atoms with E-state index >= 15 is 0 Å². The van der Waals surface area contributed by atoms with Crippen molar-refractivity contribution in [1.82, 2.24) is 9.97 Å². The van der Waals surface area contributed by atoms with Crippen molar-refractivity contribution in [3.8, 4) is 17.0 Å². The van der Waals surface area contributed by atoms with E-state index in [0.717, 1.165) is 34.8 Å². The van der Waals surface area contributed by atoms with Gasteiger partial charge in [-0.2, -0.15) is 0 Å². The van der Waals surface area contributed by atoms with Gasteiger partial charge in [-0.15, -0.1) is 0 Å². The molecule has 2 heterocycles. The first kappa shape index (κ1) is 9.33. The number of fused-ring (bicyclic) bond motifs is 3. The zero-order valence-corrected chi connectivity index (χ0v) is 9.10. The topological polar surface area (TPSA) is 35.0 Å². The van der Waals surface area contributed by atoms with Crippen LogP contribution in [-0.4, -0.2) is 9.97 Å². The maximum atomic E-state index is 5.64. The van der Waals surface area contributed by atoms with Crippen LogP contribution in [0.15, 0.2) is 30.5 Å². The Bertz CT molecular complexity index is 537. The van der Waals surface area contributed by atoms with E-state index in [1.807, 2.05) is 30.5 Å². The molecule has 0 fully saturated rings. The normalized spacial score (nSPS) is 12.6. The van der Waals surface area contributed by atoms with E-state index in [1.54, 1.807) is 0 Å². The molecule has 1 aliphatic rings. The largest absolute Gasteiger partial charge is 0.488 e. The minimum atomic E-state index is 0.566. The zero-order valence-electron chi connectivity index (χ0n) is 9.10. The number of nitrogens with zero attached hydrogens (tertiary/aromatic N) is 2. The van der Waals surface area contributed by atoms with Crippen LogP contribution in [0.1, 0.15) is 18.3 Å². The first-order valence-corrected chi connectivity index (χ1v) is 5.45. The quantitative estimate of drug-likeness (QED) is 0.728. The van der Waals surface area contributed by atoms with Gasteiger partial charge in [0.2, 0.25) is 0 Å². The average Bonchev–Trinajstić information content (AvgIpc) is 2.38. The molecule has 0 saturated heterocycles. The third-order valence-corrected chi connectivity index (χ3v) is 2.76. The molecule has 0 amide bonds. The lowest BCUT2D eigenvalue weighted by Crippen LogP contribution is -2.09. The summed E-state index contributed by atoms with van der Waals surface area (Å²) in [5.74, 6) is 1.80. The predicted octanol–water partition coefficient (Wildman–Crippen LogP) is 2.60. The van der Waals surface area contributed by atoms with Crippen LogP contribution in [0, 0.1) is 0 Å². The molecule has 0 unspecified atom stereocenters. The molecule has 0 saturated carbocycles. The van der Waals surface area contributed by atoms with E-state index in [4.69, 9.17) is 4.74 Å². The van der Waals surface area contributed by atoms with Crippen LogP contribution >= 0.6 is 0 Å². The van der Waals surface area contributed by atoms with Crippen molar-refractivity contribution in [3.63, 3.8) is 0 Å². The molecule has 0 spiro atoms. The summed E-state index contributed by atoms with van der Waals surface area (Å²) in [6, 6.07) is 8.00. The van der Waals surface area contributed by atoms with Gasteiger partial charge in [-0.3, -0.25) is 0 Å². The van der Waals surface area contributed by atoms with Crippen molar-refractivity contribution in [3.05, 3.63) is 41.9 Å². The van der Waals surface area contributed by atoms with Crippen LogP contribution in [0.25, 0.3) is 11.3 Å². The molecule has 0 N–H and O–H groups in total. The summed E-state index contributed by atoms with van der Waals surface area (Å²) in [5, 5.41) is 0. The van der Waals surface area contributed by atoms with Crippen LogP contribution in [0.2, 0.25) is 0 Å². The fourth-order valence-electron chi connectivity index (χ4n) is 1.90. The highest BCUT2D eigenvalue weighted by molar-refractivity contribution is 5.71. The Hall–Kier alpha value is -1.90. The second-order valence-corrected chi connectivity index (χ2v) is 3.80. The number of ether oxygens (including phenoxy) is 1. The highest BCUT2D eigenvalue weighted by atomic mass is 16.5. The summed E-state index contributed by atoms with van der Waals surface area (Å²) in [4.78, 5) is 8.87. The summed E-state index contributed by atoms with van der Waals surface area (Å²) in [6.45, 7) is 2.63. The molecule has 16 heavy (non-hydrogen) atoms. The Labute approximate surface area is 94.1 Å². The van der Waals surface area contributed by atoms with Crippen molar-refractivity contribution in [2.45, 2.75) is 20.0 Å². The molecule has 1 aromatic carbocycles. The van der Waals surface area contributed by atoms with Crippen LogP contribution in [0.5, 0.6) is 5.75 Å². The number of aromatic nitrogens is 2. The second-order valence-electron chi connectivity index (χ2n) is 3.80. The maximum absolute atomic E-state index is 5.64. The van der Waals surface area contributed by atoms with Crippen molar-refractivity contribution in [2.75, 3.05) is 0 Å². The minimum absolute atomic E-state index is 0.566. The number of hydrogen-bond donors (Lipinski definition) is 0. The van der Waals surface area contributed by atoms with Crippen LogP contribution < -0.4 is 4.74 Å². The van der Waals surface area contributed by atoms with Crippen LogP contribution in [0.4, 0.5) is 0 Å². The molecule has 1 aromatic heterocycles. The summed E-state index contributed by atoms with van der Waals surface area (Å²) in [5.41, 5.74) is 3.16. The first-order valence-electron chi connectivity index (χ1n) is 5.45. The van der Waals surface area contributed by atoms with Crippen molar-refractivity contribution in [1.29, 1.82) is 0 Å². The standard InChI is InChI=1S/C13H12N2O/c1-2-12-14-7-9-8-16-11-6-4-3-5-10(11)13(9)15-12/h3-7H,2,8H2,1H3. The van der Waals surface area contributed by atoms with E-state index < -0.39 is 0 Å². The third-order valence-electron chi connectivity index (χ3n) is 2.76. The molecule has 3 heteroatoms.